The number of phosphoric acid groups is 2. The summed E-state index contributed by atoms with van der Waals surface area (Å²) >= 11 is 0. The third-order valence-electron chi connectivity index (χ3n) is 1.67. The fraction of sp³-hybridized carbons (Fsp3) is 0.625. The molecule has 0 spiro atoms. The molecule has 0 radical (unpaired) electrons. The predicted molar refractivity (Wildman–Crippen MR) is 62.3 cm³/mol. The Hall–Kier alpha value is 2.67. The van der Waals surface area contributed by atoms with E-state index < -0.39 is 52.0 Å². The van der Waals surface area contributed by atoms with Gasteiger partial charge in [0.25, 0.3) is 7.82 Å². The topological polar surface area (TPSA) is 237 Å². The van der Waals surface area contributed by atoms with Gasteiger partial charge in [-0.1, -0.05) is 14.9 Å². The minimum absolute atomic E-state index is 0. The van der Waals surface area contributed by atoms with E-state index in [1.807, 2.05) is 0 Å². The second kappa shape index (κ2) is 19.4. The molecule has 0 aliphatic rings. The van der Waals surface area contributed by atoms with Crippen LogP contribution in [-0.4, -0.2) is 33.5 Å². The van der Waals surface area contributed by atoms with Crippen LogP contribution in [0.1, 0.15) is 27.7 Å². The van der Waals surface area contributed by atoms with E-state index in [-0.39, 0.29) is 133 Å². The second-order valence-corrected chi connectivity index (χ2v) is 6.17. The van der Waals surface area contributed by atoms with Crippen LogP contribution in [0.5, 0.6) is 0 Å². The molecule has 0 rings (SSSR count). The van der Waals surface area contributed by atoms with Crippen molar-refractivity contribution in [3.8, 4) is 0 Å². The SMILES string of the molecule is C.C.O=C([O-])CC(O)(CC(=O)OP(=O)([O-])OP(=O)([O-])O)C(=O)[O-].[Na+].[Na+].[Na+].[Na+]. The zero-order chi connectivity index (χ0) is 17.1. The molecule has 0 aromatic heterocycles. The smallest absolute Gasteiger partial charge is 0.756 e. The van der Waals surface area contributed by atoms with Crippen molar-refractivity contribution < 1.29 is 181 Å². The molecule has 0 aromatic carbocycles. The number of carboxylic acid groups (broad SMARTS) is 2. The first kappa shape index (κ1) is 47.5. The largest absolute Gasteiger partial charge is 1.00 e. The van der Waals surface area contributed by atoms with Gasteiger partial charge in [0.05, 0.1) is 12.4 Å². The summed E-state index contributed by atoms with van der Waals surface area (Å²) in [6, 6.07) is 0. The predicted octanol–water partition coefficient (Wildman–Crippen LogP) is -16.2. The van der Waals surface area contributed by atoms with E-state index in [4.69, 9.17) is 4.89 Å². The van der Waals surface area contributed by atoms with Gasteiger partial charge in [0.15, 0.2) is 0 Å². The third kappa shape index (κ3) is 23.2. The Morgan fingerprint density at radius 3 is 1.56 bits per heavy atom. The monoisotopic (exact) mass is 472 g/mol. The summed E-state index contributed by atoms with van der Waals surface area (Å²) in [5.74, 6) is -6.66. The van der Waals surface area contributed by atoms with E-state index >= 15 is 0 Å². The number of aliphatic hydroxyl groups is 1. The van der Waals surface area contributed by atoms with Gasteiger partial charge < -0.3 is 44.1 Å². The van der Waals surface area contributed by atoms with Crippen molar-refractivity contribution >= 4 is 33.6 Å². The maximum Gasteiger partial charge on any atom is 1.00 e. The number of hydrogen-bond acceptors (Lipinski definition) is 12. The van der Waals surface area contributed by atoms with Crippen molar-refractivity contribution in [3.63, 3.8) is 0 Å². The Morgan fingerprint density at radius 1 is 0.926 bits per heavy atom. The van der Waals surface area contributed by atoms with Gasteiger partial charge in [-0.25, -0.2) is 4.31 Å². The maximum atomic E-state index is 11.0. The molecule has 2 N–H and O–H groups in total. The van der Waals surface area contributed by atoms with Crippen LogP contribution in [0, 0.1) is 0 Å². The quantitative estimate of drug-likeness (QED) is 0.247. The summed E-state index contributed by atoms with van der Waals surface area (Å²) in [6.07, 6.45) is -3.39. The molecule has 3 atom stereocenters. The molecule has 13 nitrogen and oxygen atoms in total. The first-order valence-corrected chi connectivity index (χ1v) is 7.55. The molecule has 138 valence electrons. The molecule has 0 bridgehead atoms. The van der Waals surface area contributed by atoms with Crippen LogP contribution in [0.4, 0.5) is 0 Å². The van der Waals surface area contributed by atoms with E-state index in [0.717, 1.165) is 0 Å². The number of carbonyl (C=O) groups excluding carboxylic acids is 3. The molecular weight excluding hydrogens is 458 g/mol. The van der Waals surface area contributed by atoms with Gasteiger partial charge in [0.1, 0.15) is 5.60 Å². The molecule has 0 fully saturated rings. The molecular formula is C8H14Na4O13P2. The van der Waals surface area contributed by atoms with Crippen molar-refractivity contribution in [1.82, 2.24) is 0 Å². The molecule has 27 heavy (non-hydrogen) atoms. The Bertz CT molecular complexity index is 552. The number of carboxylic acids is 2. The molecule has 0 aliphatic heterocycles. The molecule has 0 saturated carbocycles. The Morgan fingerprint density at radius 2 is 1.30 bits per heavy atom. The molecule has 0 amide bonds. The Labute approximate surface area is 244 Å². The Kier molecular flexibility index (Phi) is 34.0. The Balaban J connectivity index is -0.000000133. The van der Waals surface area contributed by atoms with Gasteiger partial charge in [-0.3, -0.25) is 13.9 Å². The number of carbonyl (C=O) groups is 3. The number of rotatable bonds is 8. The third-order valence-corrected chi connectivity index (χ3v) is 3.72. The van der Waals surface area contributed by atoms with Gasteiger partial charge in [-0.2, -0.15) is 0 Å². The first-order valence-electron chi connectivity index (χ1n) is 4.59. The van der Waals surface area contributed by atoms with E-state index in [9.17, 15) is 48.6 Å². The van der Waals surface area contributed by atoms with Crippen LogP contribution in [0.3, 0.4) is 0 Å². The average molecular weight is 472 g/mol. The minimum atomic E-state index is -5.93. The van der Waals surface area contributed by atoms with E-state index in [0.29, 0.717) is 0 Å². The average Bonchev–Trinajstić information content (AvgIpc) is 2.08. The number of hydrogen-bond donors (Lipinski definition) is 2. The number of phosphoric ester groups is 1. The molecule has 0 aliphatic carbocycles. The summed E-state index contributed by atoms with van der Waals surface area (Å²) in [6.45, 7) is 0. The van der Waals surface area contributed by atoms with Crippen LogP contribution in [0.25, 0.3) is 0 Å². The summed E-state index contributed by atoms with van der Waals surface area (Å²) < 4.78 is 27.3. The standard InChI is InChI=1S/C6H10O13P2.2CH4.4Na/c7-3(8)1-6(12,5(10)11)2-4(9)18-21(16,17)19-20(13,14)15;;;;;;/h12H,1-2H2,(H,7,8)(H,10,11)(H,16,17)(H2,13,14,15);2*1H4;;;;/q;;;4*+1/p-4. The van der Waals surface area contributed by atoms with Gasteiger partial charge in [0, 0.05) is 12.4 Å². The maximum absolute atomic E-state index is 11.0. The van der Waals surface area contributed by atoms with E-state index in [1.54, 1.807) is 0 Å². The van der Waals surface area contributed by atoms with E-state index in [2.05, 4.69) is 8.83 Å². The van der Waals surface area contributed by atoms with Crippen LogP contribution in [0.2, 0.25) is 0 Å². The molecule has 0 heterocycles. The summed E-state index contributed by atoms with van der Waals surface area (Å²) in [7, 11) is -11.8. The molecule has 0 aromatic rings. The van der Waals surface area contributed by atoms with Gasteiger partial charge in [0.2, 0.25) is 0 Å². The zero-order valence-corrected chi connectivity index (χ0v) is 23.5. The summed E-state index contributed by atoms with van der Waals surface area (Å²) in [5.41, 5.74) is -3.36. The summed E-state index contributed by atoms with van der Waals surface area (Å²) in [4.78, 5) is 60.8. The van der Waals surface area contributed by atoms with Gasteiger partial charge in [-0.15, -0.1) is 0 Å². The molecule has 0 saturated heterocycles. The summed E-state index contributed by atoms with van der Waals surface area (Å²) in [5, 5.41) is 30.0. The van der Waals surface area contributed by atoms with Crippen LogP contribution < -0.4 is 138 Å². The second-order valence-electron chi connectivity index (χ2n) is 3.51. The van der Waals surface area contributed by atoms with Crippen LogP contribution >= 0.6 is 15.6 Å². The number of aliphatic carboxylic acids is 2. The zero-order valence-electron chi connectivity index (χ0n) is 13.7. The minimum Gasteiger partial charge on any atom is -0.756 e. The fourth-order valence-electron chi connectivity index (χ4n) is 0.984. The van der Waals surface area contributed by atoms with Crippen molar-refractivity contribution in [2.45, 2.75) is 33.3 Å². The van der Waals surface area contributed by atoms with Crippen molar-refractivity contribution in [2.24, 2.45) is 0 Å². The van der Waals surface area contributed by atoms with Crippen LogP contribution in [-0.2, 0) is 32.3 Å². The van der Waals surface area contributed by atoms with E-state index in [1.165, 1.54) is 0 Å². The van der Waals surface area contributed by atoms with Gasteiger partial charge >= 0.3 is 132 Å². The molecule has 3 unspecified atom stereocenters. The van der Waals surface area contributed by atoms with Crippen molar-refractivity contribution in [1.29, 1.82) is 0 Å². The fourth-order valence-corrected chi connectivity index (χ4v) is 2.44. The normalized spacial score (nSPS) is 15.3. The first-order chi connectivity index (χ1) is 9.17. The van der Waals surface area contributed by atoms with Crippen molar-refractivity contribution in [3.05, 3.63) is 0 Å². The molecule has 19 heteroatoms. The van der Waals surface area contributed by atoms with Crippen molar-refractivity contribution in [2.75, 3.05) is 0 Å². The van der Waals surface area contributed by atoms with Crippen LogP contribution in [0.15, 0.2) is 0 Å². The van der Waals surface area contributed by atoms with Gasteiger partial charge in [-0.05, 0) is 0 Å².